The summed E-state index contributed by atoms with van der Waals surface area (Å²) in [6.07, 6.45) is 0. The molecule has 4 nitrogen and oxygen atoms in total. The highest BCUT2D eigenvalue weighted by Crippen LogP contribution is 2.16. The normalized spacial score (nSPS) is 15.1. The van der Waals surface area contributed by atoms with Gasteiger partial charge in [-0.25, -0.2) is 13.1 Å². The molecule has 1 rings (SSSR count). The van der Waals surface area contributed by atoms with Crippen molar-refractivity contribution in [2.24, 2.45) is 5.92 Å². The summed E-state index contributed by atoms with van der Waals surface area (Å²) < 4.78 is 26.7. The summed E-state index contributed by atoms with van der Waals surface area (Å²) in [5.74, 6) is 0.411. The second-order valence-corrected chi connectivity index (χ2v) is 6.96. The average molecular weight is 284 g/mol. The van der Waals surface area contributed by atoms with Crippen LogP contribution in [0.15, 0.2) is 30.3 Å². The highest BCUT2D eigenvalue weighted by molar-refractivity contribution is 7.89. The van der Waals surface area contributed by atoms with Crippen LogP contribution in [0.3, 0.4) is 0 Å². The first-order chi connectivity index (χ1) is 8.94. The molecule has 2 N–H and O–H groups in total. The Labute approximate surface area is 116 Å². The van der Waals surface area contributed by atoms with Crippen LogP contribution in [0.1, 0.15) is 25.3 Å². The molecule has 0 amide bonds. The van der Waals surface area contributed by atoms with Gasteiger partial charge in [0, 0.05) is 6.54 Å². The molecule has 0 aromatic heterocycles. The second kappa shape index (κ2) is 7.62. The van der Waals surface area contributed by atoms with Crippen LogP contribution < -0.4 is 10.0 Å². The third kappa shape index (κ3) is 6.18. The molecule has 0 fully saturated rings. The number of sulfonamides is 1. The molecule has 0 saturated carbocycles. The number of nitrogens with one attached hydrogen (secondary N) is 2. The maximum atomic E-state index is 12.0. The van der Waals surface area contributed by atoms with Gasteiger partial charge in [0.2, 0.25) is 10.0 Å². The minimum atomic E-state index is -3.22. The van der Waals surface area contributed by atoms with Crippen LogP contribution in [-0.2, 0) is 10.0 Å². The molecule has 1 aromatic rings. The van der Waals surface area contributed by atoms with Gasteiger partial charge in [0.05, 0.1) is 5.75 Å². The zero-order valence-electron chi connectivity index (χ0n) is 11.9. The molecule has 0 aliphatic carbocycles. The van der Waals surface area contributed by atoms with E-state index in [9.17, 15) is 8.42 Å². The average Bonchev–Trinajstić information content (AvgIpc) is 2.37. The van der Waals surface area contributed by atoms with E-state index >= 15 is 0 Å². The Kier molecular flexibility index (Phi) is 6.48. The van der Waals surface area contributed by atoms with Crippen molar-refractivity contribution in [3.8, 4) is 0 Å². The number of hydrogen-bond acceptors (Lipinski definition) is 3. The van der Waals surface area contributed by atoms with Gasteiger partial charge in [-0.1, -0.05) is 44.2 Å². The predicted molar refractivity (Wildman–Crippen MR) is 79.7 cm³/mol. The molecule has 0 aliphatic heterocycles. The molecule has 0 radical (unpaired) electrons. The molecule has 108 valence electrons. The van der Waals surface area contributed by atoms with Crippen molar-refractivity contribution in [3.05, 3.63) is 35.9 Å². The number of hydrogen-bond donors (Lipinski definition) is 2. The Bertz CT molecular complexity index is 460. The summed E-state index contributed by atoms with van der Waals surface area (Å²) >= 11 is 0. The van der Waals surface area contributed by atoms with Gasteiger partial charge in [0.25, 0.3) is 0 Å². The van der Waals surface area contributed by atoms with Crippen LogP contribution >= 0.6 is 0 Å². The summed E-state index contributed by atoms with van der Waals surface area (Å²) in [6.45, 7) is 5.23. The van der Waals surface area contributed by atoms with E-state index in [1.54, 1.807) is 0 Å². The van der Waals surface area contributed by atoms with Crippen LogP contribution in [0.25, 0.3) is 0 Å². The highest BCUT2D eigenvalue weighted by Gasteiger charge is 2.17. The van der Waals surface area contributed by atoms with E-state index in [4.69, 9.17) is 0 Å². The van der Waals surface area contributed by atoms with Gasteiger partial charge in [0.15, 0.2) is 0 Å². The third-order valence-electron chi connectivity index (χ3n) is 3.04. The van der Waals surface area contributed by atoms with E-state index < -0.39 is 10.0 Å². The highest BCUT2D eigenvalue weighted by atomic mass is 32.2. The first-order valence-corrected chi connectivity index (χ1v) is 8.26. The van der Waals surface area contributed by atoms with Crippen molar-refractivity contribution in [2.45, 2.75) is 19.8 Å². The van der Waals surface area contributed by atoms with E-state index in [1.165, 1.54) is 0 Å². The quantitative estimate of drug-likeness (QED) is 0.762. The van der Waals surface area contributed by atoms with E-state index in [-0.39, 0.29) is 17.6 Å². The fraction of sp³-hybridized carbons (Fsp3) is 0.571. The fourth-order valence-corrected chi connectivity index (χ4v) is 3.46. The molecule has 5 heteroatoms. The monoisotopic (exact) mass is 284 g/mol. The molecule has 0 aliphatic rings. The molecule has 0 heterocycles. The summed E-state index contributed by atoms with van der Waals surface area (Å²) in [6, 6.07) is 9.72. The summed E-state index contributed by atoms with van der Waals surface area (Å²) in [7, 11) is -1.36. The molecule has 1 aromatic carbocycles. The zero-order chi connectivity index (χ0) is 14.3. The van der Waals surface area contributed by atoms with Crippen molar-refractivity contribution in [1.82, 2.24) is 10.0 Å². The van der Waals surface area contributed by atoms with Crippen LogP contribution in [0.5, 0.6) is 0 Å². The van der Waals surface area contributed by atoms with Gasteiger partial charge in [-0.05, 0) is 31.0 Å². The van der Waals surface area contributed by atoms with Gasteiger partial charge in [-0.2, -0.15) is 0 Å². The number of rotatable bonds is 8. The lowest BCUT2D eigenvalue weighted by Crippen LogP contribution is -2.34. The van der Waals surface area contributed by atoms with Gasteiger partial charge < -0.3 is 5.32 Å². The lowest BCUT2D eigenvalue weighted by molar-refractivity contribution is 0.517. The Morgan fingerprint density at radius 3 is 2.32 bits per heavy atom. The van der Waals surface area contributed by atoms with Crippen molar-refractivity contribution in [3.63, 3.8) is 0 Å². The first-order valence-electron chi connectivity index (χ1n) is 6.61. The lowest BCUT2D eigenvalue weighted by atomic mass is 10.0. The van der Waals surface area contributed by atoms with Crippen molar-refractivity contribution in [2.75, 3.05) is 25.9 Å². The van der Waals surface area contributed by atoms with E-state index in [1.807, 2.05) is 51.2 Å². The Balaban J connectivity index is 2.50. The van der Waals surface area contributed by atoms with Crippen LogP contribution in [-0.4, -0.2) is 34.3 Å². The van der Waals surface area contributed by atoms with Crippen LogP contribution in [0.4, 0.5) is 0 Å². The van der Waals surface area contributed by atoms with Gasteiger partial charge in [-0.15, -0.1) is 0 Å². The first kappa shape index (κ1) is 16.1. The van der Waals surface area contributed by atoms with E-state index in [0.717, 1.165) is 12.1 Å². The molecule has 0 bridgehead atoms. The minimum absolute atomic E-state index is 0.00157. The summed E-state index contributed by atoms with van der Waals surface area (Å²) in [4.78, 5) is 0. The fourth-order valence-electron chi connectivity index (χ4n) is 1.96. The number of benzene rings is 1. The molecule has 2 unspecified atom stereocenters. The minimum Gasteiger partial charge on any atom is -0.319 e. The maximum Gasteiger partial charge on any atom is 0.212 e. The Morgan fingerprint density at radius 2 is 1.74 bits per heavy atom. The Hall–Kier alpha value is -0.910. The maximum absolute atomic E-state index is 12.0. The van der Waals surface area contributed by atoms with Gasteiger partial charge in [-0.3, -0.25) is 0 Å². The standard InChI is InChI=1S/C14H24N2O2S/c1-12(9-15-3)10-16-19(17,18)11-13(2)14-7-5-4-6-8-14/h4-8,12-13,15-16H,9-11H2,1-3H3. The lowest BCUT2D eigenvalue weighted by Gasteiger charge is -2.15. The SMILES string of the molecule is CNCC(C)CNS(=O)(=O)CC(C)c1ccccc1. The second-order valence-electron chi connectivity index (χ2n) is 5.10. The van der Waals surface area contributed by atoms with Crippen molar-refractivity contribution >= 4 is 10.0 Å². The smallest absolute Gasteiger partial charge is 0.212 e. The third-order valence-corrected chi connectivity index (χ3v) is 4.59. The molecular formula is C14H24N2O2S. The van der Waals surface area contributed by atoms with Gasteiger partial charge in [0.1, 0.15) is 0 Å². The Morgan fingerprint density at radius 1 is 1.11 bits per heavy atom. The zero-order valence-corrected chi connectivity index (χ0v) is 12.7. The van der Waals surface area contributed by atoms with E-state index in [0.29, 0.717) is 6.54 Å². The van der Waals surface area contributed by atoms with Gasteiger partial charge >= 0.3 is 0 Å². The topological polar surface area (TPSA) is 58.2 Å². The molecule has 2 atom stereocenters. The largest absolute Gasteiger partial charge is 0.319 e. The van der Waals surface area contributed by atoms with Crippen molar-refractivity contribution in [1.29, 1.82) is 0 Å². The molecular weight excluding hydrogens is 260 g/mol. The summed E-state index contributed by atoms with van der Waals surface area (Å²) in [5, 5.41) is 3.04. The molecule has 0 saturated heterocycles. The summed E-state index contributed by atoms with van der Waals surface area (Å²) in [5.41, 5.74) is 1.05. The van der Waals surface area contributed by atoms with Crippen molar-refractivity contribution < 1.29 is 8.42 Å². The molecule has 19 heavy (non-hydrogen) atoms. The predicted octanol–water partition coefficient (Wildman–Crippen LogP) is 1.57. The van der Waals surface area contributed by atoms with E-state index in [2.05, 4.69) is 10.0 Å². The van der Waals surface area contributed by atoms with Crippen LogP contribution in [0, 0.1) is 5.92 Å². The molecule has 0 spiro atoms. The van der Waals surface area contributed by atoms with Crippen LogP contribution in [0.2, 0.25) is 0 Å².